The van der Waals surface area contributed by atoms with Crippen molar-refractivity contribution in [2.75, 3.05) is 0 Å². The Morgan fingerprint density at radius 3 is 2.45 bits per heavy atom. The summed E-state index contributed by atoms with van der Waals surface area (Å²) in [4.78, 5) is 11.7. The van der Waals surface area contributed by atoms with Gasteiger partial charge in [0.15, 0.2) is 0 Å². The maximum atomic E-state index is 11.7. The van der Waals surface area contributed by atoms with Crippen LogP contribution in [0, 0.1) is 5.41 Å². The first-order chi connectivity index (χ1) is 9.24. The van der Waals surface area contributed by atoms with Crippen molar-refractivity contribution in [2.24, 2.45) is 5.41 Å². The topological polar surface area (TPSA) is 55.8 Å². The van der Waals surface area contributed by atoms with Crippen LogP contribution in [0.4, 0.5) is 0 Å². The number of esters is 1. The fraction of sp³-hybridized carbons (Fsp3) is 0.562. The molecule has 0 bridgehead atoms. The van der Waals surface area contributed by atoms with Crippen molar-refractivity contribution >= 4 is 5.97 Å². The van der Waals surface area contributed by atoms with Gasteiger partial charge in [0.2, 0.25) is 0 Å². The molecule has 0 aliphatic heterocycles. The summed E-state index contributed by atoms with van der Waals surface area (Å²) in [7, 11) is 0. The third-order valence-corrected chi connectivity index (χ3v) is 2.64. The Bertz CT molecular complexity index is 458. The lowest BCUT2D eigenvalue weighted by Crippen LogP contribution is -2.22. The van der Waals surface area contributed by atoms with Gasteiger partial charge in [0, 0.05) is 5.56 Å². The summed E-state index contributed by atoms with van der Waals surface area (Å²) in [6.07, 6.45) is 0.0462. The lowest BCUT2D eigenvalue weighted by Gasteiger charge is -2.17. The fourth-order valence-corrected chi connectivity index (χ4v) is 1.58. The van der Waals surface area contributed by atoms with Crippen molar-refractivity contribution in [3.8, 4) is 5.75 Å². The first kappa shape index (κ1) is 16.5. The van der Waals surface area contributed by atoms with Crippen molar-refractivity contribution in [1.29, 1.82) is 0 Å². The maximum absolute atomic E-state index is 11.7. The zero-order valence-electron chi connectivity index (χ0n) is 12.9. The number of aliphatic hydroxyl groups is 1. The number of hydrogen-bond donors (Lipinski definition) is 1. The van der Waals surface area contributed by atoms with Gasteiger partial charge >= 0.3 is 5.97 Å². The van der Waals surface area contributed by atoms with Gasteiger partial charge in [-0.1, -0.05) is 6.07 Å². The molecule has 0 aliphatic carbocycles. The summed E-state index contributed by atoms with van der Waals surface area (Å²) in [5, 5.41) is 9.37. The molecular formula is C16H24O4. The van der Waals surface area contributed by atoms with Crippen LogP contribution in [0.2, 0.25) is 0 Å². The molecular weight excluding hydrogens is 256 g/mol. The first-order valence-corrected chi connectivity index (χ1v) is 6.80. The van der Waals surface area contributed by atoms with Gasteiger partial charge in [-0.25, -0.2) is 0 Å². The van der Waals surface area contributed by atoms with E-state index in [1.165, 1.54) is 0 Å². The average molecular weight is 280 g/mol. The minimum absolute atomic E-state index is 0.0462. The van der Waals surface area contributed by atoms with E-state index in [1.807, 2.05) is 40.7 Å². The predicted molar refractivity (Wildman–Crippen MR) is 77.4 cm³/mol. The summed E-state index contributed by atoms with van der Waals surface area (Å²) >= 11 is 0. The van der Waals surface area contributed by atoms with E-state index in [0.717, 1.165) is 5.56 Å². The van der Waals surface area contributed by atoms with Crippen LogP contribution in [0.3, 0.4) is 0 Å². The number of ether oxygens (including phenoxy) is 2. The Labute approximate surface area is 120 Å². The van der Waals surface area contributed by atoms with Crippen molar-refractivity contribution in [3.63, 3.8) is 0 Å². The van der Waals surface area contributed by atoms with Crippen molar-refractivity contribution in [3.05, 3.63) is 29.3 Å². The highest BCUT2D eigenvalue weighted by Gasteiger charge is 2.23. The summed E-state index contributed by atoms with van der Waals surface area (Å²) in [5.74, 6) is 0.416. The highest BCUT2D eigenvalue weighted by Crippen LogP contribution is 2.23. The molecule has 0 heterocycles. The summed E-state index contributed by atoms with van der Waals surface area (Å²) in [6.45, 7) is 9.39. The molecule has 0 aromatic heterocycles. The Hall–Kier alpha value is -1.55. The van der Waals surface area contributed by atoms with Gasteiger partial charge in [-0.15, -0.1) is 0 Å². The van der Waals surface area contributed by atoms with Crippen LogP contribution in [-0.2, 0) is 22.7 Å². The van der Waals surface area contributed by atoms with E-state index in [2.05, 4.69) is 0 Å². The summed E-state index contributed by atoms with van der Waals surface area (Å²) in [6, 6.07) is 5.44. The second-order valence-electron chi connectivity index (χ2n) is 6.09. The molecule has 4 heteroatoms. The van der Waals surface area contributed by atoms with Crippen molar-refractivity contribution in [2.45, 2.75) is 53.9 Å². The maximum Gasteiger partial charge on any atom is 0.311 e. The summed E-state index contributed by atoms with van der Waals surface area (Å²) < 4.78 is 10.9. The number of rotatable bonds is 5. The molecule has 0 saturated heterocycles. The van der Waals surface area contributed by atoms with Gasteiger partial charge in [0.1, 0.15) is 12.4 Å². The number of aliphatic hydroxyl groups excluding tert-OH is 1. The molecule has 0 aliphatic rings. The van der Waals surface area contributed by atoms with E-state index in [-0.39, 0.29) is 25.3 Å². The van der Waals surface area contributed by atoms with E-state index in [1.54, 1.807) is 12.1 Å². The van der Waals surface area contributed by atoms with Gasteiger partial charge in [-0.3, -0.25) is 4.79 Å². The molecule has 112 valence electrons. The van der Waals surface area contributed by atoms with Gasteiger partial charge < -0.3 is 14.6 Å². The molecule has 1 aromatic carbocycles. The van der Waals surface area contributed by atoms with Crippen molar-refractivity contribution in [1.82, 2.24) is 0 Å². The number of hydrogen-bond acceptors (Lipinski definition) is 4. The Morgan fingerprint density at radius 1 is 1.30 bits per heavy atom. The Kier molecular flexibility index (Phi) is 5.57. The minimum atomic E-state index is -0.513. The zero-order chi connectivity index (χ0) is 15.3. The Morgan fingerprint density at radius 2 is 1.95 bits per heavy atom. The van der Waals surface area contributed by atoms with Crippen LogP contribution in [0.1, 0.15) is 45.7 Å². The second kappa shape index (κ2) is 6.75. The van der Waals surface area contributed by atoms with Crippen LogP contribution in [0.5, 0.6) is 5.75 Å². The molecule has 0 fully saturated rings. The van der Waals surface area contributed by atoms with E-state index in [4.69, 9.17) is 9.47 Å². The van der Waals surface area contributed by atoms with Crippen molar-refractivity contribution < 1.29 is 19.4 Å². The highest BCUT2D eigenvalue weighted by atomic mass is 16.5. The average Bonchev–Trinajstić information content (AvgIpc) is 2.35. The van der Waals surface area contributed by atoms with Gasteiger partial charge in [0.25, 0.3) is 0 Å². The van der Waals surface area contributed by atoms with Gasteiger partial charge in [-0.05, 0) is 52.3 Å². The van der Waals surface area contributed by atoms with Crippen LogP contribution in [0.25, 0.3) is 0 Å². The molecule has 4 nitrogen and oxygen atoms in total. The molecule has 0 spiro atoms. The van der Waals surface area contributed by atoms with E-state index in [9.17, 15) is 9.90 Å². The number of benzene rings is 1. The zero-order valence-corrected chi connectivity index (χ0v) is 12.9. The lowest BCUT2D eigenvalue weighted by molar-refractivity contribution is -0.154. The van der Waals surface area contributed by atoms with E-state index >= 15 is 0 Å². The minimum Gasteiger partial charge on any atom is -0.491 e. The van der Waals surface area contributed by atoms with E-state index < -0.39 is 5.41 Å². The fourth-order valence-electron chi connectivity index (χ4n) is 1.58. The smallest absolute Gasteiger partial charge is 0.311 e. The van der Waals surface area contributed by atoms with Gasteiger partial charge in [0.05, 0.1) is 18.1 Å². The van der Waals surface area contributed by atoms with E-state index in [0.29, 0.717) is 11.3 Å². The molecule has 1 rings (SSSR count). The molecule has 0 amide bonds. The normalized spacial score (nSPS) is 11.6. The van der Waals surface area contributed by atoms with Crippen LogP contribution < -0.4 is 4.74 Å². The molecule has 0 saturated carbocycles. The highest BCUT2D eigenvalue weighted by molar-refractivity contribution is 5.75. The number of carbonyl (C=O) groups is 1. The molecule has 1 aromatic rings. The van der Waals surface area contributed by atoms with Crippen LogP contribution >= 0.6 is 0 Å². The molecule has 0 radical (unpaired) electrons. The summed E-state index contributed by atoms with van der Waals surface area (Å²) in [5.41, 5.74) is 1.02. The third kappa shape index (κ3) is 4.85. The van der Waals surface area contributed by atoms with Gasteiger partial charge in [-0.2, -0.15) is 0 Å². The molecule has 0 atom stereocenters. The molecule has 1 N–H and O–H groups in total. The lowest BCUT2D eigenvalue weighted by atomic mass is 9.97. The third-order valence-electron chi connectivity index (χ3n) is 2.64. The SMILES string of the molecule is CC(C)Oc1ccc(COC(=O)C(C)(C)C)cc1CO. The molecule has 0 unspecified atom stereocenters. The molecule has 20 heavy (non-hydrogen) atoms. The standard InChI is InChI=1S/C16H24O4/c1-11(2)20-14-7-6-12(8-13(14)9-17)10-19-15(18)16(3,4)5/h6-8,11,17H,9-10H2,1-5H3. The van der Waals surface area contributed by atoms with Crippen LogP contribution in [0.15, 0.2) is 18.2 Å². The monoisotopic (exact) mass is 280 g/mol. The first-order valence-electron chi connectivity index (χ1n) is 6.80. The predicted octanol–water partition coefficient (Wildman–Crippen LogP) is 3.06. The largest absolute Gasteiger partial charge is 0.491 e. The second-order valence-corrected chi connectivity index (χ2v) is 6.09. The quantitative estimate of drug-likeness (QED) is 0.842. The number of carbonyl (C=O) groups excluding carboxylic acids is 1. The Balaban J connectivity index is 2.76. The van der Waals surface area contributed by atoms with Crippen LogP contribution in [-0.4, -0.2) is 17.2 Å².